The molecule has 4 nitrogen and oxygen atoms in total. The SMILES string of the molecule is CC(=O)c1cc(C(C)=O)c(-c2ccc(C(=O)O)cc2)c(C(C)(C)C)c1Cl. The van der Waals surface area contributed by atoms with Crippen molar-refractivity contribution >= 4 is 29.1 Å². The molecule has 136 valence electrons. The number of Topliss-reactive ketones (excluding diaryl/α,β-unsaturated/α-hetero) is 2. The van der Waals surface area contributed by atoms with Gasteiger partial charge < -0.3 is 5.11 Å². The second-order valence-electron chi connectivity index (χ2n) is 7.28. The average Bonchev–Trinajstić information content (AvgIpc) is 2.52. The standard InChI is InChI=1S/C21H21ClO4/c1-11(23)15-10-16(12(2)24)19(22)18(21(3,4)5)17(15)13-6-8-14(9-7-13)20(25)26/h6-10H,1-5H3,(H,25,26). The van der Waals surface area contributed by atoms with Gasteiger partial charge in [-0.25, -0.2) is 4.79 Å². The first-order valence-corrected chi connectivity index (χ1v) is 8.55. The van der Waals surface area contributed by atoms with Gasteiger partial charge in [0.15, 0.2) is 11.6 Å². The van der Waals surface area contributed by atoms with Crippen LogP contribution in [0.3, 0.4) is 0 Å². The van der Waals surface area contributed by atoms with Gasteiger partial charge in [0.2, 0.25) is 0 Å². The van der Waals surface area contributed by atoms with Crippen molar-refractivity contribution in [1.29, 1.82) is 0 Å². The van der Waals surface area contributed by atoms with Crippen molar-refractivity contribution < 1.29 is 19.5 Å². The number of hydrogen-bond donors (Lipinski definition) is 1. The van der Waals surface area contributed by atoms with Crippen LogP contribution in [0.25, 0.3) is 11.1 Å². The Hall–Kier alpha value is -2.46. The molecule has 0 amide bonds. The van der Waals surface area contributed by atoms with E-state index in [1.807, 2.05) is 20.8 Å². The molecule has 26 heavy (non-hydrogen) atoms. The third kappa shape index (κ3) is 3.70. The van der Waals surface area contributed by atoms with Gasteiger partial charge in [-0.05, 0) is 54.2 Å². The molecule has 0 radical (unpaired) electrons. The summed E-state index contributed by atoms with van der Waals surface area (Å²) >= 11 is 6.58. The van der Waals surface area contributed by atoms with Gasteiger partial charge in [-0.3, -0.25) is 9.59 Å². The summed E-state index contributed by atoms with van der Waals surface area (Å²) < 4.78 is 0. The second kappa shape index (κ2) is 7.04. The molecular weight excluding hydrogens is 352 g/mol. The van der Waals surface area contributed by atoms with Crippen LogP contribution in [-0.2, 0) is 5.41 Å². The monoisotopic (exact) mass is 372 g/mol. The second-order valence-corrected chi connectivity index (χ2v) is 7.66. The van der Waals surface area contributed by atoms with E-state index in [0.717, 1.165) is 0 Å². The summed E-state index contributed by atoms with van der Waals surface area (Å²) in [5, 5.41) is 9.43. The number of benzene rings is 2. The van der Waals surface area contributed by atoms with E-state index in [1.54, 1.807) is 12.1 Å². The molecule has 0 saturated carbocycles. The number of carboxylic acids is 1. The number of carbonyl (C=O) groups is 3. The lowest BCUT2D eigenvalue weighted by atomic mass is 9.77. The van der Waals surface area contributed by atoms with E-state index >= 15 is 0 Å². The molecule has 0 aliphatic rings. The summed E-state index contributed by atoms with van der Waals surface area (Å²) in [5.74, 6) is -1.42. The molecule has 0 aliphatic carbocycles. The lowest BCUT2D eigenvalue weighted by Crippen LogP contribution is -2.18. The fourth-order valence-corrected chi connectivity index (χ4v) is 3.54. The number of halogens is 1. The molecule has 0 aromatic heterocycles. The van der Waals surface area contributed by atoms with E-state index in [0.29, 0.717) is 32.8 Å². The summed E-state index contributed by atoms with van der Waals surface area (Å²) in [6.45, 7) is 8.72. The molecule has 0 atom stereocenters. The van der Waals surface area contributed by atoms with Gasteiger partial charge in [-0.2, -0.15) is 0 Å². The molecule has 0 bridgehead atoms. The van der Waals surface area contributed by atoms with Crippen LogP contribution in [0.5, 0.6) is 0 Å². The Morgan fingerprint density at radius 2 is 1.42 bits per heavy atom. The van der Waals surface area contributed by atoms with Crippen LogP contribution in [0.1, 0.15) is 71.3 Å². The van der Waals surface area contributed by atoms with E-state index in [1.165, 1.54) is 32.0 Å². The van der Waals surface area contributed by atoms with Crippen molar-refractivity contribution in [3.63, 3.8) is 0 Å². The smallest absolute Gasteiger partial charge is 0.335 e. The van der Waals surface area contributed by atoms with Crippen molar-refractivity contribution in [1.82, 2.24) is 0 Å². The minimum Gasteiger partial charge on any atom is -0.478 e. The predicted octanol–water partition coefficient (Wildman–Crippen LogP) is 5.41. The molecular formula is C21H21ClO4. The molecule has 0 unspecified atom stereocenters. The maximum atomic E-state index is 12.3. The van der Waals surface area contributed by atoms with Crippen LogP contribution in [0.15, 0.2) is 30.3 Å². The highest BCUT2D eigenvalue weighted by Crippen LogP contribution is 2.42. The summed E-state index contributed by atoms with van der Waals surface area (Å²) in [7, 11) is 0. The molecule has 2 aromatic carbocycles. The minimum absolute atomic E-state index is 0.155. The first kappa shape index (κ1) is 19.9. The Labute approximate surface area is 157 Å². The number of hydrogen-bond acceptors (Lipinski definition) is 3. The Balaban J connectivity index is 2.94. The molecule has 0 heterocycles. The molecule has 0 saturated heterocycles. The first-order valence-electron chi connectivity index (χ1n) is 8.17. The third-order valence-electron chi connectivity index (χ3n) is 4.19. The lowest BCUT2D eigenvalue weighted by Gasteiger charge is -2.27. The van der Waals surface area contributed by atoms with Gasteiger partial charge in [0.05, 0.1) is 10.6 Å². The van der Waals surface area contributed by atoms with Crippen LogP contribution in [0.2, 0.25) is 5.02 Å². The maximum Gasteiger partial charge on any atom is 0.335 e. The molecule has 2 rings (SSSR count). The normalized spacial score (nSPS) is 11.3. The van der Waals surface area contributed by atoms with Crippen LogP contribution in [-0.4, -0.2) is 22.6 Å². The van der Waals surface area contributed by atoms with Crippen molar-refractivity contribution in [2.75, 3.05) is 0 Å². The van der Waals surface area contributed by atoms with Crippen molar-refractivity contribution in [3.05, 3.63) is 57.6 Å². The number of carbonyl (C=O) groups excluding carboxylic acids is 2. The Bertz CT molecular complexity index is 903. The van der Waals surface area contributed by atoms with Gasteiger partial charge in [0, 0.05) is 11.1 Å². The summed E-state index contributed by atoms with van der Waals surface area (Å²) in [6.07, 6.45) is 0. The molecule has 1 N–H and O–H groups in total. The molecule has 0 aliphatic heterocycles. The van der Waals surface area contributed by atoms with E-state index in [4.69, 9.17) is 16.7 Å². The van der Waals surface area contributed by atoms with Crippen LogP contribution in [0, 0.1) is 0 Å². The highest BCUT2D eigenvalue weighted by Gasteiger charge is 2.29. The summed E-state index contributed by atoms with van der Waals surface area (Å²) in [6, 6.07) is 7.82. The third-order valence-corrected chi connectivity index (χ3v) is 4.59. The average molecular weight is 373 g/mol. The van der Waals surface area contributed by atoms with E-state index in [2.05, 4.69) is 0 Å². The van der Waals surface area contributed by atoms with Crippen LogP contribution < -0.4 is 0 Å². The zero-order valence-electron chi connectivity index (χ0n) is 15.4. The highest BCUT2D eigenvalue weighted by molar-refractivity contribution is 6.35. The first-order chi connectivity index (χ1) is 11.9. The predicted molar refractivity (Wildman–Crippen MR) is 103 cm³/mol. The Morgan fingerprint density at radius 3 is 1.81 bits per heavy atom. The molecule has 5 heteroatoms. The van der Waals surface area contributed by atoms with Gasteiger partial charge in [-0.1, -0.05) is 44.5 Å². The van der Waals surface area contributed by atoms with Crippen molar-refractivity contribution in [3.8, 4) is 11.1 Å². The fourth-order valence-electron chi connectivity index (χ4n) is 2.98. The highest BCUT2D eigenvalue weighted by atomic mass is 35.5. The topological polar surface area (TPSA) is 71.4 Å². The van der Waals surface area contributed by atoms with E-state index < -0.39 is 11.4 Å². The van der Waals surface area contributed by atoms with Crippen LogP contribution in [0.4, 0.5) is 0 Å². The van der Waals surface area contributed by atoms with Gasteiger partial charge in [-0.15, -0.1) is 0 Å². The van der Waals surface area contributed by atoms with Crippen molar-refractivity contribution in [2.45, 2.75) is 40.0 Å². The van der Waals surface area contributed by atoms with E-state index in [9.17, 15) is 14.4 Å². The zero-order chi connectivity index (χ0) is 19.8. The zero-order valence-corrected chi connectivity index (χ0v) is 16.2. The summed E-state index contributed by atoms with van der Waals surface area (Å²) in [5.41, 5.74) is 2.44. The quantitative estimate of drug-likeness (QED) is 0.728. The molecule has 0 fully saturated rings. The number of ketones is 2. The van der Waals surface area contributed by atoms with Gasteiger partial charge in [0.25, 0.3) is 0 Å². The van der Waals surface area contributed by atoms with Gasteiger partial charge >= 0.3 is 5.97 Å². The lowest BCUT2D eigenvalue weighted by molar-refractivity contribution is 0.0696. The number of carboxylic acid groups (broad SMARTS) is 1. The molecule has 2 aromatic rings. The maximum absolute atomic E-state index is 12.3. The molecule has 0 spiro atoms. The Kier molecular flexibility index (Phi) is 5.38. The van der Waals surface area contributed by atoms with Crippen LogP contribution >= 0.6 is 11.6 Å². The number of rotatable bonds is 4. The van der Waals surface area contributed by atoms with Gasteiger partial charge in [0.1, 0.15) is 0 Å². The number of aromatic carboxylic acids is 1. The van der Waals surface area contributed by atoms with E-state index in [-0.39, 0.29) is 17.1 Å². The minimum atomic E-state index is -1.02. The largest absolute Gasteiger partial charge is 0.478 e. The Morgan fingerprint density at radius 1 is 0.923 bits per heavy atom. The van der Waals surface area contributed by atoms with Crippen molar-refractivity contribution in [2.24, 2.45) is 0 Å². The fraction of sp³-hybridized carbons (Fsp3) is 0.286. The summed E-state index contributed by atoms with van der Waals surface area (Å²) in [4.78, 5) is 35.5.